The molecule has 1 heterocycles. The molecule has 0 aromatic heterocycles. The Bertz CT molecular complexity index is 572. The van der Waals surface area contributed by atoms with E-state index in [0.717, 1.165) is 38.2 Å². The van der Waals surface area contributed by atoms with Gasteiger partial charge in [-0.3, -0.25) is 4.90 Å². The number of sulfonamides is 1. The smallest absolute Gasteiger partial charge is 0.214 e. The van der Waals surface area contributed by atoms with Gasteiger partial charge in [-0.25, -0.2) is 8.42 Å². The van der Waals surface area contributed by atoms with Crippen LogP contribution in [-0.4, -0.2) is 56.7 Å². The summed E-state index contributed by atoms with van der Waals surface area (Å²) in [6, 6.07) is 8.03. The molecule has 5 nitrogen and oxygen atoms in total. The van der Waals surface area contributed by atoms with E-state index in [0.29, 0.717) is 13.1 Å². The van der Waals surface area contributed by atoms with Crippen LogP contribution in [-0.2, 0) is 16.6 Å². The Hall–Kier alpha value is -0.820. The lowest BCUT2D eigenvalue weighted by atomic mass is 10.2. The summed E-state index contributed by atoms with van der Waals surface area (Å²) in [7, 11) is -1.40. The molecule has 132 valence electrons. The Morgan fingerprint density at radius 1 is 1.17 bits per heavy atom. The number of piperazine rings is 1. The molecule has 0 atom stereocenters. The minimum absolute atomic E-state index is 0. The minimum Gasteiger partial charge on any atom is -1.00 e. The molecule has 0 bridgehead atoms. The highest BCUT2D eigenvalue weighted by Crippen LogP contribution is 2.16. The van der Waals surface area contributed by atoms with E-state index in [4.69, 9.17) is 4.74 Å². The molecular formula is C16H26ClN2O3S-. The average molecular weight is 362 g/mol. The Morgan fingerprint density at radius 2 is 1.87 bits per heavy atom. The molecule has 1 aliphatic rings. The van der Waals surface area contributed by atoms with Crippen LogP contribution in [0.1, 0.15) is 25.3 Å². The number of benzene rings is 1. The fraction of sp³-hybridized carbons (Fsp3) is 0.625. The molecule has 0 aliphatic carbocycles. The lowest BCUT2D eigenvalue weighted by Gasteiger charge is -2.34. The third-order valence-corrected chi connectivity index (χ3v) is 5.98. The van der Waals surface area contributed by atoms with Crippen LogP contribution in [0.25, 0.3) is 0 Å². The van der Waals surface area contributed by atoms with Gasteiger partial charge in [-0.2, -0.15) is 4.31 Å². The third kappa shape index (κ3) is 5.95. The first-order valence-corrected chi connectivity index (χ1v) is 9.49. The van der Waals surface area contributed by atoms with Gasteiger partial charge in [0, 0.05) is 32.7 Å². The van der Waals surface area contributed by atoms with Crippen LogP contribution in [0.3, 0.4) is 0 Å². The lowest BCUT2D eigenvalue weighted by molar-refractivity contribution is -0.00000768. The van der Waals surface area contributed by atoms with Crippen molar-refractivity contribution in [2.45, 2.75) is 26.3 Å². The number of nitrogens with zero attached hydrogens (tertiary/aromatic N) is 2. The average Bonchev–Trinajstić information content (AvgIpc) is 2.54. The zero-order chi connectivity index (χ0) is 16.0. The Morgan fingerprint density at radius 3 is 2.48 bits per heavy atom. The summed E-state index contributed by atoms with van der Waals surface area (Å²) in [6.07, 6.45) is 1.65. The molecule has 0 unspecified atom stereocenters. The van der Waals surface area contributed by atoms with Crippen molar-refractivity contribution in [3.8, 4) is 5.75 Å². The standard InChI is InChI=1S/C16H26N2O3S.ClH/c1-3-4-12-22(19,20)18-10-8-17(9-11-18)14-15-6-5-7-16(13-15)21-2;/h5-7,13H,3-4,8-12,14H2,1-2H3;1H/p-1. The predicted octanol–water partition coefficient (Wildman–Crippen LogP) is -1.05. The normalized spacial score (nSPS) is 16.8. The molecule has 1 aromatic carbocycles. The van der Waals surface area contributed by atoms with Crippen LogP contribution in [0.2, 0.25) is 0 Å². The summed E-state index contributed by atoms with van der Waals surface area (Å²) in [5.41, 5.74) is 1.20. The monoisotopic (exact) mass is 361 g/mol. The van der Waals surface area contributed by atoms with Crippen molar-refractivity contribution in [2.24, 2.45) is 0 Å². The second-order valence-corrected chi connectivity index (χ2v) is 7.78. The first-order valence-electron chi connectivity index (χ1n) is 7.88. The Labute approximate surface area is 146 Å². The summed E-state index contributed by atoms with van der Waals surface area (Å²) < 4.78 is 31.2. The van der Waals surface area contributed by atoms with Crippen molar-refractivity contribution in [1.82, 2.24) is 9.21 Å². The van der Waals surface area contributed by atoms with Crippen molar-refractivity contribution < 1.29 is 25.6 Å². The van der Waals surface area contributed by atoms with Crippen LogP contribution in [0.4, 0.5) is 0 Å². The second kappa shape index (κ2) is 9.47. The van der Waals surface area contributed by atoms with Gasteiger partial charge >= 0.3 is 0 Å². The van der Waals surface area contributed by atoms with Gasteiger partial charge in [0.15, 0.2) is 0 Å². The van der Waals surface area contributed by atoms with E-state index in [1.807, 2.05) is 25.1 Å². The molecule has 0 spiro atoms. The van der Waals surface area contributed by atoms with Crippen LogP contribution in [0.15, 0.2) is 24.3 Å². The maximum Gasteiger partial charge on any atom is 0.214 e. The highest BCUT2D eigenvalue weighted by atomic mass is 35.5. The Kier molecular flexibility index (Phi) is 8.33. The molecule has 1 aromatic rings. The molecule has 0 N–H and O–H groups in total. The fourth-order valence-corrected chi connectivity index (χ4v) is 4.28. The predicted molar refractivity (Wildman–Crippen MR) is 88.5 cm³/mol. The van der Waals surface area contributed by atoms with E-state index in [1.165, 1.54) is 5.56 Å². The quantitative estimate of drug-likeness (QED) is 0.621. The molecule has 0 saturated carbocycles. The zero-order valence-electron chi connectivity index (χ0n) is 13.9. The van der Waals surface area contributed by atoms with Gasteiger partial charge in [-0.1, -0.05) is 25.5 Å². The number of methoxy groups -OCH3 is 1. The minimum atomic E-state index is -3.07. The SMILES string of the molecule is CCCCS(=O)(=O)N1CCN(Cc2cccc(OC)c2)CC1.[Cl-]. The lowest BCUT2D eigenvalue weighted by Crippen LogP contribution is -3.00. The number of unbranched alkanes of at least 4 members (excludes halogenated alkanes) is 1. The second-order valence-electron chi connectivity index (χ2n) is 5.70. The van der Waals surface area contributed by atoms with Crippen LogP contribution >= 0.6 is 0 Å². The van der Waals surface area contributed by atoms with Crippen LogP contribution in [0, 0.1) is 0 Å². The summed E-state index contributed by atoms with van der Waals surface area (Å²) in [5, 5.41) is 0. The summed E-state index contributed by atoms with van der Waals surface area (Å²) >= 11 is 0. The van der Waals surface area contributed by atoms with Crippen molar-refractivity contribution in [3.63, 3.8) is 0 Å². The first-order chi connectivity index (χ1) is 10.5. The number of ether oxygens (including phenoxy) is 1. The third-order valence-electron chi connectivity index (χ3n) is 4.02. The summed E-state index contributed by atoms with van der Waals surface area (Å²) in [6.45, 7) is 5.60. The molecule has 1 aliphatic heterocycles. The summed E-state index contributed by atoms with van der Waals surface area (Å²) in [5.74, 6) is 1.14. The Balaban J connectivity index is 0.00000264. The highest BCUT2D eigenvalue weighted by Gasteiger charge is 2.26. The van der Waals surface area contributed by atoms with Crippen LogP contribution < -0.4 is 17.1 Å². The highest BCUT2D eigenvalue weighted by molar-refractivity contribution is 7.89. The molecule has 23 heavy (non-hydrogen) atoms. The number of halogens is 1. The van der Waals surface area contributed by atoms with Crippen molar-refractivity contribution in [2.75, 3.05) is 39.0 Å². The first kappa shape index (κ1) is 20.2. The molecule has 1 fully saturated rings. The molecule has 0 amide bonds. The number of rotatable bonds is 7. The van der Waals surface area contributed by atoms with E-state index < -0.39 is 10.0 Å². The fourth-order valence-electron chi connectivity index (χ4n) is 2.65. The van der Waals surface area contributed by atoms with Gasteiger partial charge in [0.1, 0.15) is 5.75 Å². The van der Waals surface area contributed by atoms with E-state index in [1.54, 1.807) is 11.4 Å². The van der Waals surface area contributed by atoms with Gasteiger partial charge in [0.25, 0.3) is 0 Å². The van der Waals surface area contributed by atoms with Gasteiger partial charge in [0.05, 0.1) is 12.9 Å². The number of hydrogen-bond donors (Lipinski definition) is 0. The van der Waals surface area contributed by atoms with Gasteiger partial charge in [-0.05, 0) is 24.1 Å². The van der Waals surface area contributed by atoms with E-state index >= 15 is 0 Å². The van der Waals surface area contributed by atoms with Crippen molar-refractivity contribution in [1.29, 1.82) is 0 Å². The molecule has 0 radical (unpaired) electrons. The molecular weight excluding hydrogens is 336 g/mol. The van der Waals surface area contributed by atoms with Crippen molar-refractivity contribution >= 4 is 10.0 Å². The molecule has 1 saturated heterocycles. The maximum absolute atomic E-state index is 12.2. The molecule has 2 rings (SSSR count). The van der Waals surface area contributed by atoms with Gasteiger partial charge in [0.2, 0.25) is 10.0 Å². The van der Waals surface area contributed by atoms with E-state index in [-0.39, 0.29) is 18.2 Å². The zero-order valence-corrected chi connectivity index (χ0v) is 15.4. The van der Waals surface area contributed by atoms with E-state index in [2.05, 4.69) is 11.0 Å². The van der Waals surface area contributed by atoms with Crippen molar-refractivity contribution in [3.05, 3.63) is 29.8 Å². The largest absolute Gasteiger partial charge is 1.00 e. The number of hydrogen-bond acceptors (Lipinski definition) is 4. The van der Waals surface area contributed by atoms with Gasteiger partial charge < -0.3 is 17.1 Å². The van der Waals surface area contributed by atoms with Gasteiger partial charge in [-0.15, -0.1) is 0 Å². The topological polar surface area (TPSA) is 49.9 Å². The summed E-state index contributed by atoms with van der Waals surface area (Å²) in [4.78, 5) is 2.29. The maximum atomic E-state index is 12.2. The van der Waals surface area contributed by atoms with Crippen LogP contribution in [0.5, 0.6) is 5.75 Å². The van der Waals surface area contributed by atoms with E-state index in [9.17, 15) is 8.42 Å². The molecule has 7 heteroatoms.